The van der Waals surface area contributed by atoms with Crippen LogP contribution in [-0.4, -0.2) is 15.9 Å². The number of nitrogens with zero attached hydrogens (tertiary/aromatic N) is 2. The molecule has 6 heteroatoms. The summed E-state index contributed by atoms with van der Waals surface area (Å²) in [4.78, 5) is 20.8. The first-order valence-electron chi connectivity index (χ1n) is 7.57. The molecule has 0 unspecified atom stereocenters. The molecule has 0 spiro atoms. The molecule has 0 aliphatic carbocycles. The summed E-state index contributed by atoms with van der Waals surface area (Å²) in [5.41, 5.74) is 10.4. The molecule has 1 aliphatic rings. The SMILES string of the molecule is Nc1ccc(-c2ccnc(Nc3ccccc3)n2)c2c1C(=O)NC2. The highest BCUT2D eigenvalue weighted by Gasteiger charge is 2.25. The fourth-order valence-corrected chi connectivity index (χ4v) is 2.83. The number of carbonyl (C=O) groups is 1. The quantitative estimate of drug-likeness (QED) is 0.646. The van der Waals surface area contributed by atoms with E-state index in [1.807, 2.05) is 42.5 Å². The van der Waals surface area contributed by atoms with Crippen LogP contribution in [0.15, 0.2) is 54.7 Å². The third-order valence-electron chi connectivity index (χ3n) is 3.96. The Balaban J connectivity index is 1.74. The fraction of sp³-hybridized carbons (Fsp3) is 0.0556. The lowest BCUT2D eigenvalue weighted by molar-refractivity contribution is 0.0966. The number of hydrogen-bond acceptors (Lipinski definition) is 5. The Kier molecular flexibility index (Phi) is 3.35. The number of nitrogen functional groups attached to an aromatic ring is 1. The Morgan fingerprint density at radius 2 is 1.92 bits per heavy atom. The first-order valence-corrected chi connectivity index (χ1v) is 7.57. The summed E-state index contributed by atoms with van der Waals surface area (Å²) in [6.45, 7) is 0.458. The van der Waals surface area contributed by atoms with E-state index in [-0.39, 0.29) is 5.91 Å². The average Bonchev–Trinajstić information content (AvgIpc) is 2.99. The molecule has 2 aromatic carbocycles. The van der Waals surface area contributed by atoms with Gasteiger partial charge >= 0.3 is 0 Å². The van der Waals surface area contributed by atoms with Crippen LogP contribution < -0.4 is 16.4 Å². The number of nitrogens with one attached hydrogen (secondary N) is 2. The van der Waals surface area contributed by atoms with E-state index < -0.39 is 0 Å². The molecule has 0 bridgehead atoms. The molecular weight excluding hydrogens is 302 g/mol. The largest absolute Gasteiger partial charge is 0.398 e. The first kappa shape index (κ1) is 14.2. The van der Waals surface area contributed by atoms with Crippen molar-refractivity contribution in [3.8, 4) is 11.3 Å². The van der Waals surface area contributed by atoms with Crippen molar-refractivity contribution >= 4 is 23.2 Å². The average molecular weight is 317 g/mol. The fourth-order valence-electron chi connectivity index (χ4n) is 2.83. The van der Waals surface area contributed by atoms with Gasteiger partial charge in [-0.25, -0.2) is 9.97 Å². The molecule has 4 rings (SSSR count). The summed E-state index contributed by atoms with van der Waals surface area (Å²) in [6, 6.07) is 15.2. The second kappa shape index (κ2) is 5.66. The van der Waals surface area contributed by atoms with Gasteiger partial charge in [0.25, 0.3) is 5.91 Å². The highest BCUT2D eigenvalue weighted by molar-refractivity contribution is 6.05. The van der Waals surface area contributed by atoms with E-state index in [1.165, 1.54) is 0 Å². The number of anilines is 3. The van der Waals surface area contributed by atoms with Gasteiger partial charge in [-0.2, -0.15) is 0 Å². The van der Waals surface area contributed by atoms with Gasteiger partial charge in [0.15, 0.2) is 0 Å². The van der Waals surface area contributed by atoms with Crippen molar-refractivity contribution in [3.63, 3.8) is 0 Å². The molecule has 0 saturated heterocycles. The third-order valence-corrected chi connectivity index (χ3v) is 3.96. The van der Waals surface area contributed by atoms with Gasteiger partial charge in [-0.1, -0.05) is 24.3 Å². The zero-order valence-electron chi connectivity index (χ0n) is 12.8. The van der Waals surface area contributed by atoms with E-state index in [1.54, 1.807) is 12.3 Å². The van der Waals surface area contributed by atoms with Gasteiger partial charge in [-0.05, 0) is 29.8 Å². The molecule has 1 aromatic heterocycles. The van der Waals surface area contributed by atoms with Gasteiger partial charge in [0.2, 0.25) is 5.95 Å². The van der Waals surface area contributed by atoms with Gasteiger partial charge in [0, 0.05) is 29.7 Å². The summed E-state index contributed by atoms with van der Waals surface area (Å²) < 4.78 is 0. The zero-order valence-corrected chi connectivity index (χ0v) is 12.8. The number of amides is 1. The minimum absolute atomic E-state index is 0.138. The number of para-hydroxylation sites is 1. The molecule has 24 heavy (non-hydrogen) atoms. The van der Waals surface area contributed by atoms with Crippen LogP contribution in [0.2, 0.25) is 0 Å². The van der Waals surface area contributed by atoms with E-state index >= 15 is 0 Å². The monoisotopic (exact) mass is 317 g/mol. The van der Waals surface area contributed by atoms with Crippen LogP contribution in [-0.2, 0) is 6.54 Å². The molecule has 0 fully saturated rings. The van der Waals surface area contributed by atoms with Crippen molar-refractivity contribution in [2.75, 3.05) is 11.1 Å². The van der Waals surface area contributed by atoms with E-state index in [9.17, 15) is 4.79 Å². The Bertz CT molecular complexity index is 924. The molecule has 1 amide bonds. The number of benzene rings is 2. The standard InChI is InChI=1S/C18H15N5O/c19-14-7-6-12(13-10-21-17(24)16(13)14)15-8-9-20-18(23-15)22-11-4-2-1-3-5-11/h1-9H,10,19H2,(H,21,24)(H,20,22,23). The van der Waals surface area contributed by atoms with Crippen LogP contribution in [0.5, 0.6) is 0 Å². The summed E-state index contributed by atoms with van der Waals surface area (Å²) in [7, 11) is 0. The molecule has 4 N–H and O–H groups in total. The zero-order chi connectivity index (χ0) is 16.5. The normalized spacial score (nSPS) is 12.6. The summed E-state index contributed by atoms with van der Waals surface area (Å²) in [6.07, 6.45) is 1.69. The smallest absolute Gasteiger partial charge is 0.254 e. The molecule has 0 saturated carbocycles. The van der Waals surface area contributed by atoms with Crippen LogP contribution in [0.1, 0.15) is 15.9 Å². The van der Waals surface area contributed by atoms with Gasteiger partial charge in [-0.3, -0.25) is 4.79 Å². The predicted molar refractivity (Wildman–Crippen MR) is 92.8 cm³/mol. The van der Waals surface area contributed by atoms with E-state index in [0.717, 1.165) is 22.5 Å². The number of fused-ring (bicyclic) bond motifs is 1. The van der Waals surface area contributed by atoms with Gasteiger partial charge in [0.1, 0.15) is 0 Å². The Labute approximate surface area is 138 Å². The maximum atomic E-state index is 11.9. The molecule has 0 atom stereocenters. The second-order valence-electron chi connectivity index (χ2n) is 5.50. The van der Waals surface area contributed by atoms with E-state index in [2.05, 4.69) is 20.6 Å². The number of aromatic nitrogens is 2. The molecule has 6 nitrogen and oxygen atoms in total. The topological polar surface area (TPSA) is 92.9 Å². The third kappa shape index (κ3) is 2.44. The summed E-state index contributed by atoms with van der Waals surface area (Å²) in [5, 5.41) is 5.98. The summed E-state index contributed by atoms with van der Waals surface area (Å²) >= 11 is 0. The van der Waals surface area contributed by atoms with Crippen molar-refractivity contribution in [2.24, 2.45) is 0 Å². The highest BCUT2D eigenvalue weighted by atomic mass is 16.1. The lowest BCUT2D eigenvalue weighted by Gasteiger charge is -2.10. The lowest BCUT2D eigenvalue weighted by atomic mass is 9.99. The number of carbonyl (C=O) groups excluding carboxylic acids is 1. The number of hydrogen-bond donors (Lipinski definition) is 3. The predicted octanol–water partition coefficient (Wildman–Crippen LogP) is 2.71. The second-order valence-corrected chi connectivity index (χ2v) is 5.50. The molecule has 2 heterocycles. The number of rotatable bonds is 3. The van der Waals surface area contributed by atoms with Crippen molar-refractivity contribution in [3.05, 3.63) is 65.9 Å². The van der Waals surface area contributed by atoms with Crippen LogP contribution in [0.25, 0.3) is 11.3 Å². The van der Waals surface area contributed by atoms with Crippen LogP contribution in [0.3, 0.4) is 0 Å². The summed E-state index contributed by atoms with van der Waals surface area (Å²) in [5.74, 6) is 0.364. The van der Waals surface area contributed by atoms with Crippen molar-refractivity contribution in [1.29, 1.82) is 0 Å². The van der Waals surface area contributed by atoms with Crippen LogP contribution >= 0.6 is 0 Å². The minimum atomic E-state index is -0.138. The van der Waals surface area contributed by atoms with Crippen LogP contribution in [0, 0.1) is 0 Å². The maximum absolute atomic E-state index is 11.9. The molecule has 1 aliphatic heterocycles. The maximum Gasteiger partial charge on any atom is 0.254 e. The molecule has 118 valence electrons. The Morgan fingerprint density at radius 1 is 1.08 bits per heavy atom. The van der Waals surface area contributed by atoms with E-state index in [4.69, 9.17) is 5.73 Å². The first-order chi connectivity index (χ1) is 11.7. The Morgan fingerprint density at radius 3 is 2.75 bits per heavy atom. The minimum Gasteiger partial charge on any atom is -0.398 e. The lowest BCUT2D eigenvalue weighted by Crippen LogP contribution is -2.13. The van der Waals surface area contributed by atoms with E-state index in [0.29, 0.717) is 23.7 Å². The molecule has 3 aromatic rings. The van der Waals surface area contributed by atoms with Crippen molar-refractivity contribution < 1.29 is 4.79 Å². The van der Waals surface area contributed by atoms with Crippen molar-refractivity contribution in [2.45, 2.75) is 6.54 Å². The van der Waals surface area contributed by atoms with Gasteiger partial charge < -0.3 is 16.4 Å². The van der Waals surface area contributed by atoms with Gasteiger partial charge in [0.05, 0.1) is 11.3 Å². The Hall–Kier alpha value is -3.41. The number of nitrogens with two attached hydrogens (primary N) is 1. The van der Waals surface area contributed by atoms with Crippen LogP contribution in [0.4, 0.5) is 17.3 Å². The highest BCUT2D eigenvalue weighted by Crippen LogP contribution is 2.32. The van der Waals surface area contributed by atoms with Gasteiger partial charge in [-0.15, -0.1) is 0 Å². The molecular formula is C18H15N5O. The van der Waals surface area contributed by atoms with Crippen molar-refractivity contribution in [1.82, 2.24) is 15.3 Å². The molecule has 0 radical (unpaired) electrons.